The third kappa shape index (κ3) is 3.53. The summed E-state index contributed by atoms with van der Waals surface area (Å²) >= 11 is 0. The topological polar surface area (TPSA) is 91.3 Å². The third-order valence-corrected chi connectivity index (χ3v) is 2.62. The maximum atomic E-state index is 13.6. The van der Waals surface area contributed by atoms with Crippen molar-refractivity contribution in [3.05, 3.63) is 45.8 Å². The molecule has 0 aliphatic rings. The molecule has 0 N–H and O–H groups in total. The molecule has 1 heterocycles. The average Bonchev–Trinajstić information content (AvgIpc) is 2.85. The van der Waals surface area contributed by atoms with E-state index in [0.717, 1.165) is 12.1 Å². The Balaban J connectivity index is 2.06. The van der Waals surface area contributed by atoms with E-state index >= 15 is 0 Å². The number of nitrogens with zero attached hydrogens (tertiary/aromatic N) is 3. The van der Waals surface area contributed by atoms with Crippen molar-refractivity contribution in [3.63, 3.8) is 0 Å². The van der Waals surface area contributed by atoms with Crippen LogP contribution >= 0.6 is 0 Å². The van der Waals surface area contributed by atoms with E-state index in [2.05, 4.69) is 10.1 Å². The van der Waals surface area contributed by atoms with Crippen LogP contribution in [0.1, 0.15) is 32.5 Å². The Morgan fingerprint density at radius 3 is 2.67 bits per heavy atom. The number of non-ortho nitro benzene ring substituents is 1. The minimum Gasteiger partial charge on any atom is -0.481 e. The third-order valence-electron chi connectivity index (χ3n) is 2.62. The maximum Gasteiger partial charge on any atom is 0.272 e. The van der Waals surface area contributed by atoms with Gasteiger partial charge in [-0.15, -0.1) is 0 Å². The predicted octanol–water partition coefficient (Wildman–Crippen LogP) is 2.99. The molecule has 0 saturated carbocycles. The van der Waals surface area contributed by atoms with Crippen LogP contribution in [-0.2, 0) is 12.0 Å². The zero-order chi connectivity index (χ0) is 15.6. The number of rotatable bonds is 4. The van der Waals surface area contributed by atoms with Crippen molar-refractivity contribution < 1.29 is 18.6 Å². The van der Waals surface area contributed by atoms with Crippen molar-refractivity contribution >= 4 is 5.69 Å². The number of hydrogen-bond acceptors (Lipinski definition) is 6. The van der Waals surface area contributed by atoms with Gasteiger partial charge < -0.3 is 9.26 Å². The summed E-state index contributed by atoms with van der Waals surface area (Å²) in [5, 5.41) is 14.3. The molecule has 0 aliphatic heterocycles. The molecule has 0 radical (unpaired) electrons. The van der Waals surface area contributed by atoms with Crippen molar-refractivity contribution in [1.29, 1.82) is 0 Å². The van der Waals surface area contributed by atoms with Gasteiger partial charge in [-0.05, 0) is 6.07 Å². The van der Waals surface area contributed by atoms with Gasteiger partial charge in [0.25, 0.3) is 11.6 Å². The molecule has 1 aromatic carbocycles. The molecular weight excluding hydrogens is 281 g/mol. The number of halogens is 1. The molecule has 1 aromatic heterocycles. The summed E-state index contributed by atoms with van der Waals surface area (Å²) in [4.78, 5) is 14.0. The number of aromatic nitrogens is 2. The van der Waals surface area contributed by atoms with Gasteiger partial charge in [0.1, 0.15) is 0 Å². The minimum atomic E-state index is -0.820. The van der Waals surface area contributed by atoms with Gasteiger partial charge in [-0.1, -0.05) is 25.9 Å². The Kier molecular flexibility index (Phi) is 3.88. The molecule has 0 amide bonds. The number of benzene rings is 1. The summed E-state index contributed by atoms with van der Waals surface area (Å²) in [6, 6.07) is 3.14. The van der Waals surface area contributed by atoms with Gasteiger partial charge in [0.05, 0.1) is 11.0 Å². The van der Waals surface area contributed by atoms with E-state index in [9.17, 15) is 14.5 Å². The summed E-state index contributed by atoms with van der Waals surface area (Å²) < 4.78 is 23.8. The molecule has 0 saturated heterocycles. The van der Waals surface area contributed by atoms with Gasteiger partial charge in [0, 0.05) is 11.5 Å². The van der Waals surface area contributed by atoms with Crippen LogP contribution in [0.15, 0.2) is 22.7 Å². The Labute approximate surface area is 119 Å². The normalized spacial score (nSPS) is 11.4. The fourth-order valence-corrected chi connectivity index (χ4v) is 1.48. The molecule has 2 rings (SSSR count). The first-order chi connectivity index (χ1) is 9.77. The van der Waals surface area contributed by atoms with Crippen molar-refractivity contribution in [2.24, 2.45) is 0 Å². The second kappa shape index (κ2) is 5.47. The number of ether oxygens (including phenoxy) is 1. The quantitative estimate of drug-likeness (QED) is 0.636. The molecule has 0 spiro atoms. The van der Waals surface area contributed by atoms with Crippen molar-refractivity contribution in [2.45, 2.75) is 32.8 Å². The lowest BCUT2D eigenvalue weighted by Crippen LogP contribution is -2.13. The molecule has 0 bridgehead atoms. The van der Waals surface area contributed by atoms with Gasteiger partial charge in [-0.25, -0.2) is 4.39 Å². The highest BCUT2D eigenvalue weighted by atomic mass is 19.1. The van der Waals surface area contributed by atoms with Crippen LogP contribution in [0.25, 0.3) is 0 Å². The van der Waals surface area contributed by atoms with E-state index in [4.69, 9.17) is 9.26 Å². The van der Waals surface area contributed by atoms with Gasteiger partial charge in [-0.3, -0.25) is 10.1 Å². The SMILES string of the molecule is CC(C)(C)c1noc(COc2ccc([N+](=O)[O-])cc2F)n1. The second-order valence-electron chi connectivity index (χ2n) is 5.42. The Bertz CT molecular complexity index is 664. The standard InChI is InChI=1S/C13H14FN3O4/c1-13(2,3)12-15-11(21-16-12)7-20-10-5-4-8(17(18)19)6-9(10)14/h4-6H,7H2,1-3H3. The van der Waals surface area contributed by atoms with Crippen LogP contribution in [-0.4, -0.2) is 15.1 Å². The van der Waals surface area contributed by atoms with Crippen LogP contribution in [0.3, 0.4) is 0 Å². The molecule has 21 heavy (non-hydrogen) atoms. The largest absolute Gasteiger partial charge is 0.481 e. The molecule has 0 unspecified atom stereocenters. The van der Waals surface area contributed by atoms with Gasteiger partial charge in [0.15, 0.2) is 24.0 Å². The maximum absolute atomic E-state index is 13.6. The molecular formula is C13H14FN3O4. The monoisotopic (exact) mass is 295 g/mol. The molecule has 8 heteroatoms. The van der Waals surface area contributed by atoms with Gasteiger partial charge >= 0.3 is 0 Å². The van der Waals surface area contributed by atoms with E-state index in [0.29, 0.717) is 5.82 Å². The first kappa shape index (κ1) is 14.9. The lowest BCUT2D eigenvalue weighted by atomic mass is 9.96. The summed E-state index contributed by atoms with van der Waals surface area (Å²) in [5.41, 5.74) is -0.604. The summed E-state index contributed by atoms with van der Waals surface area (Å²) in [6.07, 6.45) is 0. The smallest absolute Gasteiger partial charge is 0.272 e. The number of hydrogen-bond donors (Lipinski definition) is 0. The van der Waals surface area contributed by atoms with Crippen LogP contribution in [0, 0.1) is 15.9 Å². The first-order valence-electron chi connectivity index (χ1n) is 6.17. The van der Waals surface area contributed by atoms with Crippen molar-refractivity contribution in [1.82, 2.24) is 10.1 Å². The van der Waals surface area contributed by atoms with E-state index in [1.807, 2.05) is 20.8 Å². The highest BCUT2D eigenvalue weighted by Gasteiger charge is 2.21. The van der Waals surface area contributed by atoms with Crippen LogP contribution in [0.4, 0.5) is 10.1 Å². The highest BCUT2D eigenvalue weighted by Crippen LogP contribution is 2.24. The Hall–Kier alpha value is -2.51. The zero-order valence-corrected chi connectivity index (χ0v) is 11.8. The summed E-state index contributed by atoms with van der Waals surface area (Å²) in [5.74, 6) is -0.209. The number of nitro groups is 1. The average molecular weight is 295 g/mol. The van der Waals surface area contributed by atoms with Crippen LogP contribution in [0.2, 0.25) is 0 Å². The van der Waals surface area contributed by atoms with Crippen LogP contribution in [0.5, 0.6) is 5.75 Å². The second-order valence-corrected chi connectivity index (χ2v) is 5.42. The fraction of sp³-hybridized carbons (Fsp3) is 0.385. The number of nitro benzene ring substituents is 1. The molecule has 112 valence electrons. The highest BCUT2D eigenvalue weighted by molar-refractivity contribution is 5.37. The molecule has 7 nitrogen and oxygen atoms in total. The van der Waals surface area contributed by atoms with Gasteiger partial charge in [0.2, 0.25) is 0 Å². The molecule has 0 atom stereocenters. The molecule has 0 fully saturated rings. The Morgan fingerprint density at radius 1 is 1.43 bits per heavy atom. The van der Waals surface area contributed by atoms with E-state index in [1.54, 1.807) is 0 Å². The van der Waals surface area contributed by atoms with Crippen molar-refractivity contribution in [3.8, 4) is 5.75 Å². The Morgan fingerprint density at radius 2 is 2.14 bits per heavy atom. The van der Waals surface area contributed by atoms with E-state index in [-0.39, 0.29) is 29.3 Å². The minimum absolute atomic E-state index is 0.113. The predicted molar refractivity (Wildman–Crippen MR) is 70.4 cm³/mol. The van der Waals surface area contributed by atoms with E-state index < -0.39 is 10.7 Å². The van der Waals surface area contributed by atoms with Gasteiger partial charge in [-0.2, -0.15) is 4.98 Å². The van der Waals surface area contributed by atoms with Crippen LogP contribution < -0.4 is 4.74 Å². The summed E-state index contributed by atoms with van der Waals surface area (Å²) in [7, 11) is 0. The summed E-state index contributed by atoms with van der Waals surface area (Å²) in [6.45, 7) is 5.67. The molecule has 0 aliphatic carbocycles. The molecule has 2 aromatic rings. The van der Waals surface area contributed by atoms with Crippen molar-refractivity contribution in [2.75, 3.05) is 0 Å². The zero-order valence-electron chi connectivity index (χ0n) is 11.8. The fourth-order valence-electron chi connectivity index (χ4n) is 1.48. The van der Waals surface area contributed by atoms with E-state index in [1.165, 1.54) is 6.07 Å². The lowest BCUT2D eigenvalue weighted by Gasteiger charge is -2.10. The lowest BCUT2D eigenvalue weighted by molar-refractivity contribution is -0.385. The first-order valence-corrected chi connectivity index (χ1v) is 6.17.